The summed E-state index contributed by atoms with van der Waals surface area (Å²) >= 11 is 0. The highest BCUT2D eigenvalue weighted by Gasteiger charge is 2.20. The Labute approximate surface area is 135 Å². The Hall–Kier alpha value is -2.88. The predicted molar refractivity (Wildman–Crippen MR) is 90.2 cm³/mol. The molecule has 2 N–H and O–H groups in total. The van der Waals surface area contributed by atoms with E-state index < -0.39 is 17.9 Å². The van der Waals surface area contributed by atoms with Crippen LogP contribution in [-0.2, 0) is 4.79 Å². The highest BCUT2D eigenvalue weighted by atomic mass is 16.4. The number of carbonyl (C=O) groups is 2. The summed E-state index contributed by atoms with van der Waals surface area (Å²) in [7, 11) is 0. The zero-order valence-electron chi connectivity index (χ0n) is 13.0. The second-order valence-corrected chi connectivity index (χ2v) is 5.47. The first-order valence-corrected chi connectivity index (χ1v) is 7.31. The van der Waals surface area contributed by atoms with Crippen LogP contribution in [0.25, 0.3) is 11.1 Å². The second-order valence-electron chi connectivity index (χ2n) is 5.47. The minimum absolute atomic E-state index is 0.211. The molecule has 0 saturated heterocycles. The van der Waals surface area contributed by atoms with E-state index in [-0.39, 0.29) is 6.42 Å². The van der Waals surface area contributed by atoms with Gasteiger partial charge in [0.15, 0.2) is 0 Å². The summed E-state index contributed by atoms with van der Waals surface area (Å²) in [6.07, 6.45) is 0.211. The molecule has 0 aliphatic carbocycles. The molecule has 23 heavy (non-hydrogen) atoms. The molecule has 1 amide bonds. The van der Waals surface area contributed by atoms with Crippen molar-refractivity contribution >= 4 is 11.9 Å². The minimum atomic E-state index is -1.07. The van der Waals surface area contributed by atoms with Crippen molar-refractivity contribution in [2.75, 3.05) is 0 Å². The molecule has 0 bridgehead atoms. The van der Waals surface area contributed by atoms with Crippen molar-refractivity contribution in [2.45, 2.75) is 19.4 Å². The zero-order valence-corrected chi connectivity index (χ0v) is 13.0. The van der Waals surface area contributed by atoms with Gasteiger partial charge in [-0.15, -0.1) is 6.58 Å². The first-order chi connectivity index (χ1) is 11.0. The van der Waals surface area contributed by atoms with Crippen LogP contribution in [0, 0.1) is 0 Å². The SMILES string of the molecule is C=C(C)C[C@@H](NC(=O)c1ccc(-c2ccccc2)cc1)C(=O)O. The normalized spacial score (nSPS) is 11.5. The first-order valence-electron chi connectivity index (χ1n) is 7.31. The van der Waals surface area contributed by atoms with Crippen molar-refractivity contribution in [1.82, 2.24) is 5.32 Å². The molecule has 0 saturated carbocycles. The summed E-state index contributed by atoms with van der Waals surface area (Å²) < 4.78 is 0. The molecule has 0 heterocycles. The van der Waals surface area contributed by atoms with Gasteiger partial charge in [0.25, 0.3) is 5.91 Å². The molecule has 4 heteroatoms. The maximum atomic E-state index is 12.2. The Morgan fingerprint density at radius 2 is 1.61 bits per heavy atom. The van der Waals surface area contributed by atoms with Gasteiger partial charge in [0, 0.05) is 5.56 Å². The van der Waals surface area contributed by atoms with Gasteiger partial charge in [0.05, 0.1) is 0 Å². The van der Waals surface area contributed by atoms with Crippen LogP contribution in [0.5, 0.6) is 0 Å². The molecule has 0 aliphatic rings. The highest BCUT2D eigenvalue weighted by Crippen LogP contribution is 2.19. The molecule has 118 valence electrons. The molecule has 4 nitrogen and oxygen atoms in total. The van der Waals surface area contributed by atoms with Crippen molar-refractivity contribution < 1.29 is 14.7 Å². The molecule has 0 radical (unpaired) electrons. The largest absolute Gasteiger partial charge is 0.480 e. The monoisotopic (exact) mass is 309 g/mol. The minimum Gasteiger partial charge on any atom is -0.480 e. The standard InChI is InChI=1S/C19H19NO3/c1-13(2)12-17(19(22)23)20-18(21)16-10-8-15(9-11-16)14-6-4-3-5-7-14/h3-11,17H,1,12H2,2H3,(H,20,21)(H,22,23)/t17-/m1/s1. The maximum Gasteiger partial charge on any atom is 0.326 e. The number of amides is 1. The van der Waals surface area contributed by atoms with Crippen LogP contribution in [0.1, 0.15) is 23.7 Å². The van der Waals surface area contributed by atoms with Gasteiger partial charge < -0.3 is 10.4 Å². The average Bonchev–Trinajstić information content (AvgIpc) is 2.54. The Balaban J connectivity index is 2.11. The van der Waals surface area contributed by atoms with Gasteiger partial charge in [-0.2, -0.15) is 0 Å². The topological polar surface area (TPSA) is 66.4 Å². The number of carboxylic acid groups (broad SMARTS) is 1. The Morgan fingerprint density at radius 1 is 1.04 bits per heavy atom. The van der Waals surface area contributed by atoms with Crippen molar-refractivity contribution in [3.8, 4) is 11.1 Å². The molecular formula is C19H19NO3. The van der Waals surface area contributed by atoms with E-state index in [0.29, 0.717) is 11.1 Å². The van der Waals surface area contributed by atoms with Crippen LogP contribution < -0.4 is 5.32 Å². The van der Waals surface area contributed by atoms with Crippen LogP contribution >= 0.6 is 0 Å². The number of carbonyl (C=O) groups excluding carboxylic acids is 1. The number of carboxylic acids is 1. The van der Waals surface area contributed by atoms with Crippen LogP contribution in [-0.4, -0.2) is 23.0 Å². The molecule has 0 spiro atoms. The van der Waals surface area contributed by atoms with E-state index in [1.54, 1.807) is 19.1 Å². The number of benzene rings is 2. The van der Waals surface area contributed by atoms with E-state index in [0.717, 1.165) is 11.1 Å². The number of rotatable bonds is 6. The van der Waals surface area contributed by atoms with Gasteiger partial charge in [0.2, 0.25) is 0 Å². The Morgan fingerprint density at radius 3 is 2.13 bits per heavy atom. The molecule has 0 unspecified atom stereocenters. The van der Waals surface area contributed by atoms with Crippen LogP contribution in [0.3, 0.4) is 0 Å². The molecule has 2 aromatic carbocycles. The summed E-state index contributed by atoms with van der Waals surface area (Å²) in [6, 6.07) is 15.9. The lowest BCUT2D eigenvalue weighted by molar-refractivity contribution is -0.139. The maximum absolute atomic E-state index is 12.2. The van der Waals surface area contributed by atoms with E-state index in [4.69, 9.17) is 5.11 Å². The van der Waals surface area contributed by atoms with E-state index in [1.165, 1.54) is 0 Å². The molecule has 1 atom stereocenters. The average molecular weight is 309 g/mol. The molecule has 2 rings (SSSR count). The molecule has 0 fully saturated rings. The lowest BCUT2D eigenvalue weighted by atomic mass is 10.0. The van der Waals surface area contributed by atoms with E-state index in [9.17, 15) is 9.59 Å². The summed E-state index contributed by atoms with van der Waals surface area (Å²) in [5, 5.41) is 11.7. The lowest BCUT2D eigenvalue weighted by Gasteiger charge is -2.14. The molecule has 0 aromatic heterocycles. The van der Waals surface area contributed by atoms with Crippen LogP contribution in [0.4, 0.5) is 0 Å². The predicted octanol–water partition coefficient (Wildman–Crippen LogP) is 3.50. The summed E-state index contributed by atoms with van der Waals surface area (Å²) in [5.41, 5.74) is 3.19. The van der Waals surface area contributed by atoms with Gasteiger partial charge in [-0.1, -0.05) is 48.0 Å². The highest BCUT2D eigenvalue weighted by molar-refractivity contribution is 5.97. The number of aliphatic carboxylic acids is 1. The van der Waals surface area contributed by atoms with Crippen LogP contribution in [0.15, 0.2) is 66.7 Å². The quantitative estimate of drug-likeness (QED) is 0.803. The Kier molecular flexibility index (Phi) is 5.31. The smallest absolute Gasteiger partial charge is 0.326 e. The van der Waals surface area contributed by atoms with Crippen molar-refractivity contribution in [1.29, 1.82) is 0 Å². The van der Waals surface area contributed by atoms with Gasteiger partial charge >= 0.3 is 5.97 Å². The third kappa shape index (κ3) is 4.54. The fourth-order valence-corrected chi connectivity index (χ4v) is 2.23. The third-order valence-electron chi connectivity index (χ3n) is 3.41. The van der Waals surface area contributed by atoms with E-state index >= 15 is 0 Å². The number of hydrogen-bond donors (Lipinski definition) is 2. The molecule has 2 aromatic rings. The number of nitrogens with one attached hydrogen (secondary N) is 1. The van der Waals surface area contributed by atoms with Crippen molar-refractivity contribution in [2.24, 2.45) is 0 Å². The fraction of sp³-hybridized carbons (Fsp3) is 0.158. The summed E-state index contributed by atoms with van der Waals surface area (Å²) in [6.45, 7) is 5.42. The van der Waals surface area contributed by atoms with Crippen molar-refractivity contribution in [3.63, 3.8) is 0 Å². The fourth-order valence-electron chi connectivity index (χ4n) is 2.23. The second kappa shape index (κ2) is 7.40. The first kappa shape index (κ1) is 16.5. The molecule has 0 aliphatic heterocycles. The van der Waals surface area contributed by atoms with Crippen LogP contribution in [0.2, 0.25) is 0 Å². The Bertz CT molecular complexity index is 705. The molecular weight excluding hydrogens is 290 g/mol. The summed E-state index contributed by atoms with van der Waals surface area (Å²) in [5.74, 6) is -1.47. The van der Waals surface area contributed by atoms with Gasteiger partial charge in [-0.05, 0) is 36.6 Å². The lowest BCUT2D eigenvalue weighted by Crippen LogP contribution is -2.40. The van der Waals surface area contributed by atoms with E-state index in [1.807, 2.05) is 42.5 Å². The number of hydrogen-bond acceptors (Lipinski definition) is 2. The van der Waals surface area contributed by atoms with Gasteiger partial charge in [0.1, 0.15) is 6.04 Å². The van der Waals surface area contributed by atoms with Crippen molar-refractivity contribution in [3.05, 3.63) is 72.3 Å². The third-order valence-corrected chi connectivity index (χ3v) is 3.41. The zero-order chi connectivity index (χ0) is 16.8. The summed E-state index contributed by atoms with van der Waals surface area (Å²) in [4.78, 5) is 23.4. The van der Waals surface area contributed by atoms with Gasteiger partial charge in [-0.25, -0.2) is 4.79 Å². The van der Waals surface area contributed by atoms with Gasteiger partial charge in [-0.3, -0.25) is 4.79 Å². The van der Waals surface area contributed by atoms with E-state index in [2.05, 4.69) is 11.9 Å².